The molecule has 1 N–H and O–H groups in total. The molecule has 5 nitrogen and oxygen atoms in total. The summed E-state index contributed by atoms with van der Waals surface area (Å²) in [6.07, 6.45) is 1.52. The summed E-state index contributed by atoms with van der Waals surface area (Å²) in [6.45, 7) is 9.15. The number of benzene rings is 1. The Bertz CT molecular complexity index is 593. The van der Waals surface area contributed by atoms with Crippen molar-refractivity contribution >= 4 is 6.09 Å². The van der Waals surface area contributed by atoms with Crippen molar-refractivity contribution in [1.82, 2.24) is 10.2 Å². The van der Waals surface area contributed by atoms with E-state index in [1.165, 1.54) is 5.56 Å². The van der Waals surface area contributed by atoms with Gasteiger partial charge in [0.1, 0.15) is 11.4 Å². The predicted molar refractivity (Wildman–Crippen MR) is 95.3 cm³/mol. The van der Waals surface area contributed by atoms with E-state index in [1.54, 1.807) is 7.11 Å². The Balaban J connectivity index is 2.31. The zero-order valence-corrected chi connectivity index (χ0v) is 15.7. The molecule has 2 rings (SSSR count). The topological polar surface area (TPSA) is 50.8 Å². The summed E-state index contributed by atoms with van der Waals surface area (Å²) in [5.74, 6) is 0.863. The summed E-state index contributed by atoms with van der Waals surface area (Å²) in [6, 6.07) is 4.44. The first kappa shape index (κ1) is 18.6. The van der Waals surface area contributed by atoms with E-state index >= 15 is 0 Å². The van der Waals surface area contributed by atoms with Gasteiger partial charge in [-0.15, -0.1) is 0 Å². The second-order valence-electron chi connectivity index (χ2n) is 7.34. The van der Waals surface area contributed by atoms with Crippen LogP contribution in [0.2, 0.25) is 0 Å². The van der Waals surface area contributed by atoms with Gasteiger partial charge in [0.05, 0.1) is 7.11 Å². The van der Waals surface area contributed by atoms with E-state index < -0.39 is 5.60 Å². The average Bonchev–Trinajstić information content (AvgIpc) is 2.51. The van der Waals surface area contributed by atoms with Gasteiger partial charge >= 0.3 is 6.09 Å². The number of nitrogens with one attached hydrogen (secondary N) is 1. The largest absolute Gasteiger partial charge is 0.496 e. The van der Waals surface area contributed by atoms with Crippen LogP contribution in [0.3, 0.4) is 0 Å². The molecule has 0 spiro atoms. The molecular weight excluding hydrogens is 304 g/mol. The van der Waals surface area contributed by atoms with Crippen molar-refractivity contribution in [2.75, 3.05) is 14.2 Å². The van der Waals surface area contributed by atoms with Gasteiger partial charge in [-0.05, 0) is 57.9 Å². The molecule has 5 heteroatoms. The molecule has 1 atom stereocenters. The fourth-order valence-corrected chi connectivity index (χ4v) is 3.15. The summed E-state index contributed by atoms with van der Waals surface area (Å²) in [4.78, 5) is 14.4. The summed E-state index contributed by atoms with van der Waals surface area (Å²) < 4.78 is 11.1. The molecule has 0 saturated heterocycles. The van der Waals surface area contributed by atoms with Crippen molar-refractivity contribution in [2.45, 2.75) is 65.3 Å². The van der Waals surface area contributed by atoms with Gasteiger partial charge in [-0.25, -0.2) is 4.79 Å². The molecule has 0 bridgehead atoms. The van der Waals surface area contributed by atoms with Crippen molar-refractivity contribution in [2.24, 2.45) is 0 Å². The molecule has 0 radical (unpaired) electrons. The van der Waals surface area contributed by atoms with Crippen LogP contribution in [0.15, 0.2) is 12.1 Å². The highest BCUT2D eigenvalue weighted by molar-refractivity contribution is 5.69. The maximum Gasteiger partial charge on any atom is 0.410 e. The van der Waals surface area contributed by atoms with E-state index in [9.17, 15) is 4.79 Å². The number of carbonyl (C=O) groups excluding carboxylic acids is 1. The fraction of sp³-hybridized carbons (Fsp3) is 0.632. The third-order valence-corrected chi connectivity index (χ3v) is 4.31. The number of nitrogens with zero attached hydrogens (tertiary/aromatic N) is 1. The van der Waals surface area contributed by atoms with Crippen LogP contribution in [-0.4, -0.2) is 36.8 Å². The molecule has 0 fully saturated rings. The zero-order chi connectivity index (χ0) is 17.9. The van der Waals surface area contributed by atoms with Crippen LogP contribution in [0.5, 0.6) is 5.75 Å². The summed E-state index contributed by atoms with van der Waals surface area (Å²) in [5.41, 5.74) is 3.11. The van der Waals surface area contributed by atoms with Crippen molar-refractivity contribution < 1.29 is 14.3 Å². The Hall–Kier alpha value is -1.75. The fourth-order valence-electron chi connectivity index (χ4n) is 3.15. The number of methoxy groups -OCH3 is 1. The molecule has 134 valence electrons. The van der Waals surface area contributed by atoms with Crippen LogP contribution in [-0.2, 0) is 24.2 Å². The van der Waals surface area contributed by atoms with Crippen LogP contribution in [0.1, 0.15) is 50.8 Å². The molecule has 1 aliphatic heterocycles. The quantitative estimate of drug-likeness (QED) is 0.916. The van der Waals surface area contributed by atoms with Gasteiger partial charge in [0, 0.05) is 24.7 Å². The van der Waals surface area contributed by atoms with Crippen molar-refractivity contribution in [3.8, 4) is 5.75 Å². The minimum absolute atomic E-state index is 0.170. The van der Waals surface area contributed by atoms with Crippen molar-refractivity contribution in [1.29, 1.82) is 0 Å². The Morgan fingerprint density at radius 2 is 2.04 bits per heavy atom. The molecule has 1 aromatic rings. The lowest BCUT2D eigenvalue weighted by atomic mass is 9.91. The number of carbonyl (C=O) groups is 1. The number of hydrogen-bond acceptors (Lipinski definition) is 4. The van der Waals surface area contributed by atoms with Crippen LogP contribution in [0.25, 0.3) is 0 Å². The van der Waals surface area contributed by atoms with E-state index in [0.717, 1.165) is 36.3 Å². The predicted octanol–water partition coefficient (Wildman–Crippen LogP) is 3.49. The van der Waals surface area contributed by atoms with Crippen LogP contribution in [0.4, 0.5) is 4.79 Å². The Labute approximate surface area is 145 Å². The maximum atomic E-state index is 12.6. The van der Waals surface area contributed by atoms with Gasteiger partial charge in [-0.1, -0.05) is 13.0 Å². The molecule has 0 saturated carbocycles. The van der Waals surface area contributed by atoms with Crippen molar-refractivity contribution in [3.63, 3.8) is 0 Å². The SMILES string of the molecule is CCC1Cc2cc(CNC)c(OC)cc2CN1C(=O)OC(C)(C)C. The molecule has 24 heavy (non-hydrogen) atoms. The smallest absolute Gasteiger partial charge is 0.410 e. The van der Waals surface area contributed by atoms with E-state index in [2.05, 4.69) is 24.4 Å². The summed E-state index contributed by atoms with van der Waals surface area (Å²) >= 11 is 0. The highest BCUT2D eigenvalue weighted by Crippen LogP contribution is 2.32. The average molecular weight is 334 g/mol. The summed E-state index contributed by atoms with van der Waals surface area (Å²) in [7, 11) is 3.61. The van der Waals surface area contributed by atoms with E-state index in [1.807, 2.05) is 32.7 Å². The first-order valence-electron chi connectivity index (χ1n) is 8.62. The third kappa shape index (κ3) is 4.20. The van der Waals surface area contributed by atoms with Gasteiger partial charge in [-0.2, -0.15) is 0 Å². The number of ether oxygens (including phenoxy) is 2. The van der Waals surface area contributed by atoms with Crippen molar-refractivity contribution in [3.05, 3.63) is 28.8 Å². The molecule has 0 aromatic heterocycles. The second kappa shape index (κ2) is 7.43. The van der Waals surface area contributed by atoms with Crippen LogP contribution in [0, 0.1) is 0 Å². The first-order chi connectivity index (χ1) is 11.3. The molecule has 1 amide bonds. The Kier molecular flexibility index (Phi) is 5.75. The molecule has 0 aliphatic carbocycles. The first-order valence-corrected chi connectivity index (χ1v) is 8.62. The molecule has 1 heterocycles. The minimum atomic E-state index is -0.482. The van der Waals surface area contributed by atoms with Crippen LogP contribution >= 0.6 is 0 Å². The van der Waals surface area contributed by atoms with Gasteiger partial charge in [0.15, 0.2) is 0 Å². The lowest BCUT2D eigenvalue weighted by molar-refractivity contribution is 0.0115. The Morgan fingerprint density at radius 3 is 2.58 bits per heavy atom. The maximum absolute atomic E-state index is 12.6. The lowest BCUT2D eigenvalue weighted by Crippen LogP contribution is -2.46. The standard InChI is InChI=1S/C19H30N2O3/c1-7-16-9-13-8-14(11-20-5)17(23-6)10-15(13)12-21(16)18(22)24-19(2,3)4/h8,10,16,20H,7,9,11-12H2,1-6H3. The third-order valence-electron chi connectivity index (χ3n) is 4.31. The molecule has 1 aromatic carbocycles. The van der Waals surface area contributed by atoms with E-state index in [-0.39, 0.29) is 12.1 Å². The minimum Gasteiger partial charge on any atom is -0.496 e. The van der Waals surface area contributed by atoms with Crippen LogP contribution < -0.4 is 10.1 Å². The van der Waals surface area contributed by atoms with Gasteiger partial charge < -0.3 is 19.7 Å². The number of hydrogen-bond donors (Lipinski definition) is 1. The highest BCUT2D eigenvalue weighted by Gasteiger charge is 2.32. The van der Waals surface area contributed by atoms with Gasteiger partial charge in [-0.3, -0.25) is 0 Å². The molecule has 1 aliphatic rings. The van der Waals surface area contributed by atoms with Gasteiger partial charge in [0.2, 0.25) is 0 Å². The number of amides is 1. The zero-order valence-electron chi connectivity index (χ0n) is 15.7. The number of fused-ring (bicyclic) bond motifs is 1. The molecular formula is C19H30N2O3. The van der Waals surface area contributed by atoms with Gasteiger partial charge in [0.25, 0.3) is 0 Å². The summed E-state index contributed by atoms with van der Waals surface area (Å²) in [5, 5.41) is 3.18. The Morgan fingerprint density at radius 1 is 1.33 bits per heavy atom. The monoisotopic (exact) mass is 334 g/mol. The van der Waals surface area contributed by atoms with E-state index in [4.69, 9.17) is 9.47 Å². The number of rotatable bonds is 4. The second-order valence-corrected chi connectivity index (χ2v) is 7.34. The lowest BCUT2D eigenvalue weighted by Gasteiger charge is -2.37. The highest BCUT2D eigenvalue weighted by atomic mass is 16.6. The van der Waals surface area contributed by atoms with E-state index in [0.29, 0.717) is 6.54 Å². The molecule has 1 unspecified atom stereocenters. The normalized spacial score (nSPS) is 17.4.